The van der Waals surface area contributed by atoms with Crippen LogP contribution in [-0.4, -0.2) is 49.0 Å². The van der Waals surface area contributed by atoms with Crippen molar-refractivity contribution in [2.45, 2.75) is 38.7 Å². The third-order valence-electron chi connectivity index (χ3n) is 5.01. The Balaban J connectivity index is 1.52. The highest BCUT2D eigenvalue weighted by Gasteiger charge is 2.33. The second kappa shape index (κ2) is 7.35. The average molecular weight is 345 g/mol. The SMILES string of the molecule is C[C@@H]1CCCC[C@@H]1OCCOC(=O)c1ccc2c(c1)C(=O)N(C)C2=O. The Labute approximate surface area is 147 Å². The van der Waals surface area contributed by atoms with Crippen molar-refractivity contribution in [3.05, 3.63) is 34.9 Å². The molecule has 1 aromatic carbocycles. The highest BCUT2D eigenvalue weighted by molar-refractivity contribution is 6.21. The fourth-order valence-electron chi connectivity index (χ4n) is 3.44. The van der Waals surface area contributed by atoms with E-state index in [0.29, 0.717) is 18.1 Å². The first-order valence-corrected chi connectivity index (χ1v) is 8.74. The molecular weight excluding hydrogens is 322 g/mol. The van der Waals surface area contributed by atoms with Gasteiger partial charge in [0.15, 0.2) is 0 Å². The number of amides is 2. The zero-order chi connectivity index (χ0) is 18.0. The number of esters is 1. The third-order valence-corrected chi connectivity index (χ3v) is 5.01. The molecule has 134 valence electrons. The minimum atomic E-state index is -0.516. The lowest BCUT2D eigenvalue weighted by Crippen LogP contribution is -2.27. The van der Waals surface area contributed by atoms with Crippen LogP contribution in [-0.2, 0) is 9.47 Å². The summed E-state index contributed by atoms with van der Waals surface area (Å²) in [4.78, 5) is 37.0. The highest BCUT2D eigenvalue weighted by Crippen LogP contribution is 2.26. The lowest BCUT2D eigenvalue weighted by molar-refractivity contribution is -0.0271. The fraction of sp³-hybridized carbons (Fsp3) is 0.526. The van der Waals surface area contributed by atoms with Crippen molar-refractivity contribution in [2.75, 3.05) is 20.3 Å². The van der Waals surface area contributed by atoms with E-state index >= 15 is 0 Å². The van der Waals surface area contributed by atoms with Crippen molar-refractivity contribution in [3.63, 3.8) is 0 Å². The summed E-state index contributed by atoms with van der Waals surface area (Å²) in [5.41, 5.74) is 0.828. The number of ether oxygens (including phenoxy) is 2. The van der Waals surface area contributed by atoms with Crippen LogP contribution in [0.5, 0.6) is 0 Å². The van der Waals surface area contributed by atoms with Crippen molar-refractivity contribution in [1.82, 2.24) is 4.90 Å². The fourth-order valence-corrected chi connectivity index (χ4v) is 3.44. The molecule has 3 rings (SSSR count). The van der Waals surface area contributed by atoms with Crippen molar-refractivity contribution >= 4 is 17.8 Å². The smallest absolute Gasteiger partial charge is 0.338 e. The number of hydrogen-bond donors (Lipinski definition) is 0. The summed E-state index contributed by atoms with van der Waals surface area (Å²) in [5.74, 6) is -0.723. The molecule has 6 nitrogen and oxygen atoms in total. The maximum absolute atomic E-state index is 12.1. The van der Waals surface area contributed by atoms with Crippen LogP contribution in [0.2, 0.25) is 0 Å². The van der Waals surface area contributed by atoms with E-state index in [-0.39, 0.29) is 29.7 Å². The lowest BCUT2D eigenvalue weighted by atomic mass is 9.88. The first kappa shape index (κ1) is 17.6. The Morgan fingerprint density at radius 1 is 1.12 bits per heavy atom. The van der Waals surface area contributed by atoms with E-state index in [1.807, 2.05) is 0 Å². The Hall–Kier alpha value is -2.21. The Kier molecular flexibility index (Phi) is 5.18. The van der Waals surface area contributed by atoms with E-state index < -0.39 is 11.9 Å². The molecule has 0 aromatic heterocycles. The average Bonchev–Trinajstić information content (AvgIpc) is 2.84. The zero-order valence-electron chi connectivity index (χ0n) is 14.6. The molecule has 2 amide bonds. The Morgan fingerprint density at radius 3 is 2.60 bits per heavy atom. The van der Waals surface area contributed by atoms with E-state index in [1.54, 1.807) is 0 Å². The third kappa shape index (κ3) is 3.58. The predicted octanol–water partition coefficient (Wildman–Crippen LogP) is 2.66. The second-order valence-electron chi connectivity index (χ2n) is 6.74. The molecule has 1 aliphatic heterocycles. The topological polar surface area (TPSA) is 72.9 Å². The van der Waals surface area contributed by atoms with Gasteiger partial charge in [0.05, 0.1) is 29.4 Å². The first-order valence-electron chi connectivity index (χ1n) is 8.74. The van der Waals surface area contributed by atoms with Crippen LogP contribution in [0.1, 0.15) is 63.7 Å². The quantitative estimate of drug-likeness (QED) is 0.466. The molecule has 0 saturated heterocycles. The van der Waals surface area contributed by atoms with Gasteiger partial charge in [-0.15, -0.1) is 0 Å². The largest absolute Gasteiger partial charge is 0.460 e. The van der Waals surface area contributed by atoms with E-state index in [1.165, 1.54) is 44.5 Å². The molecule has 2 atom stereocenters. The minimum Gasteiger partial charge on any atom is -0.460 e. The zero-order valence-corrected chi connectivity index (χ0v) is 14.6. The molecule has 2 aliphatic rings. The number of rotatable bonds is 5. The Bertz CT molecular complexity index is 699. The summed E-state index contributed by atoms with van der Waals surface area (Å²) in [5, 5.41) is 0. The maximum Gasteiger partial charge on any atom is 0.338 e. The number of carbonyl (C=O) groups is 3. The number of benzene rings is 1. The predicted molar refractivity (Wildman–Crippen MR) is 90.5 cm³/mol. The van der Waals surface area contributed by atoms with Gasteiger partial charge in [0.2, 0.25) is 0 Å². The van der Waals surface area contributed by atoms with Gasteiger partial charge in [-0.25, -0.2) is 4.79 Å². The summed E-state index contributed by atoms with van der Waals surface area (Å²) < 4.78 is 11.0. The molecule has 1 fully saturated rings. The summed E-state index contributed by atoms with van der Waals surface area (Å²) in [6.07, 6.45) is 4.92. The minimum absolute atomic E-state index is 0.173. The molecule has 6 heteroatoms. The maximum atomic E-state index is 12.1. The number of fused-ring (bicyclic) bond motifs is 1. The summed E-state index contributed by atoms with van der Waals surface area (Å²) in [6.45, 7) is 2.73. The van der Waals surface area contributed by atoms with Crippen LogP contribution in [0, 0.1) is 5.92 Å². The van der Waals surface area contributed by atoms with Crippen LogP contribution in [0.4, 0.5) is 0 Å². The van der Waals surface area contributed by atoms with Crippen molar-refractivity contribution in [2.24, 2.45) is 5.92 Å². The van der Waals surface area contributed by atoms with Crippen LogP contribution in [0.25, 0.3) is 0 Å². The summed E-state index contributed by atoms with van der Waals surface area (Å²) in [6, 6.07) is 4.43. The van der Waals surface area contributed by atoms with Gasteiger partial charge in [0.25, 0.3) is 11.8 Å². The van der Waals surface area contributed by atoms with E-state index in [0.717, 1.165) is 11.3 Å². The van der Waals surface area contributed by atoms with Crippen molar-refractivity contribution in [3.8, 4) is 0 Å². The van der Waals surface area contributed by atoms with Crippen LogP contribution < -0.4 is 0 Å². The number of carbonyl (C=O) groups excluding carboxylic acids is 3. The molecule has 1 saturated carbocycles. The van der Waals surface area contributed by atoms with Gasteiger partial charge in [-0.3, -0.25) is 14.5 Å². The van der Waals surface area contributed by atoms with Gasteiger partial charge in [0.1, 0.15) is 6.61 Å². The van der Waals surface area contributed by atoms with E-state index in [2.05, 4.69) is 6.92 Å². The molecule has 0 bridgehead atoms. The van der Waals surface area contributed by atoms with Gasteiger partial charge in [-0.2, -0.15) is 0 Å². The van der Waals surface area contributed by atoms with Gasteiger partial charge in [-0.1, -0.05) is 19.8 Å². The van der Waals surface area contributed by atoms with Crippen LogP contribution >= 0.6 is 0 Å². The summed E-state index contributed by atoms with van der Waals surface area (Å²) >= 11 is 0. The van der Waals surface area contributed by atoms with E-state index in [4.69, 9.17) is 9.47 Å². The molecule has 0 spiro atoms. The molecule has 1 aliphatic carbocycles. The van der Waals surface area contributed by atoms with E-state index in [9.17, 15) is 14.4 Å². The van der Waals surface area contributed by atoms with Gasteiger partial charge in [-0.05, 0) is 37.0 Å². The monoisotopic (exact) mass is 345 g/mol. The molecule has 0 unspecified atom stereocenters. The Morgan fingerprint density at radius 2 is 1.84 bits per heavy atom. The lowest BCUT2D eigenvalue weighted by Gasteiger charge is -2.28. The highest BCUT2D eigenvalue weighted by atomic mass is 16.6. The molecule has 0 radical (unpaired) electrons. The number of hydrogen-bond acceptors (Lipinski definition) is 5. The molecule has 0 N–H and O–H groups in total. The van der Waals surface area contributed by atoms with Crippen LogP contribution in [0.3, 0.4) is 0 Å². The molecule has 1 aromatic rings. The van der Waals surface area contributed by atoms with Crippen LogP contribution in [0.15, 0.2) is 18.2 Å². The first-order chi connectivity index (χ1) is 12.0. The normalized spacial score (nSPS) is 22.9. The standard InChI is InChI=1S/C19H23NO5/c1-12-5-3-4-6-16(12)24-9-10-25-19(23)13-7-8-14-15(11-13)18(22)20(2)17(14)21/h7-8,11-12,16H,3-6,9-10H2,1-2H3/t12-,16+/m1/s1. The number of nitrogens with zero attached hydrogens (tertiary/aromatic N) is 1. The molecule has 25 heavy (non-hydrogen) atoms. The molecular formula is C19H23NO5. The molecule has 1 heterocycles. The van der Waals surface area contributed by atoms with Gasteiger partial charge < -0.3 is 9.47 Å². The second-order valence-corrected chi connectivity index (χ2v) is 6.74. The number of imide groups is 1. The van der Waals surface area contributed by atoms with Gasteiger partial charge in [0, 0.05) is 7.05 Å². The summed E-state index contributed by atoms with van der Waals surface area (Å²) in [7, 11) is 1.42. The van der Waals surface area contributed by atoms with Gasteiger partial charge >= 0.3 is 5.97 Å². The van der Waals surface area contributed by atoms with Crippen molar-refractivity contribution < 1.29 is 23.9 Å². The van der Waals surface area contributed by atoms with Crippen molar-refractivity contribution in [1.29, 1.82) is 0 Å².